The third-order valence-corrected chi connectivity index (χ3v) is 1.87. The Hall–Kier alpha value is -0.690. The molecule has 0 saturated heterocycles. The maximum absolute atomic E-state index is 11.4. The summed E-state index contributed by atoms with van der Waals surface area (Å²) in [5.74, 6) is -0.0893. The maximum Gasteiger partial charge on any atom is 0.239 e. The molecular weight excluding hydrogens is 212 g/mol. The molecule has 2 N–H and O–H groups in total. The zero-order valence-corrected chi connectivity index (χ0v) is 10.2. The van der Waals surface area contributed by atoms with Crippen molar-refractivity contribution in [2.75, 3.05) is 40.6 Å². The van der Waals surface area contributed by atoms with Gasteiger partial charge in [-0.05, 0) is 13.3 Å². The van der Waals surface area contributed by atoms with Crippen molar-refractivity contribution in [1.29, 1.82) is 0 Å². The van der Waals surface area contributed by atoms with Crippen LogP contribution in [0.5, 0.6) is 0 Å². The van der Waals surface area contributed by atoms with E-state index in [-0.39, 0.29) is 11.9 Å². The summed E-state index contributed by atoms with van der Waals surface area (Å²) in [7, 11) is 3.23. The molecule has 0 aromatic carbocycles. The molecule has 1 unspecified atom stereocenters. The first kappa shape index (κ1) is 15.3. The van der Waals surface area contributed by atoms with Gasteiger partial charge in [0.15, 0.2) is 0 Å². The Labute approximate surface area is 96.6 Å². The van der Waals surface area contributed by atoms with Crippen LogP contribution in [0.3, 0.4) is 0 Å². The summed E-state index contributed by atoms with van der Waals surface area (Å²) < 4.78 is 9.67. The molecule has 1 atom stereocenters. The number of methoxy groups -OCH3 is 2. The van der Waals surface area contributed by atoms with Gasteiger partial charge in [-0.2, -0.15) is 5.48 Å². The Morgan fingerprint density at radius 1 is 1.19 bits per heavy atom. The number of rotatable bonds is 10. The number of hydrogen-bond acceptors (Lipinski definition) is 5. The Morgan fingerprint density at radius 3 is 2.50 bits per heavy atom. The molecule has 1 amide bonds. The first-order valence-electron chi connectivity index (χ1n) is 5.35. The van der Waals surface area contributed by atoms with Gasteiger partial charge in [0, 0.05) is 27.4 Å². The van der Waals surface area contributed by atoms with Crippen LogP contribution >= 0.6 is 0 Å². The highest BCUT2D eigenvalue weighted by Crippen LogP contribution is 1.84. The highest BCUT2D eigenvalue weighted by molar-refractivity contribution is 5.81. The van der Waals surface area contributed by atoms with Gasteiger partial charge in [-0.3, -0.25) is 9.63 Å². The van der Waals surface area contributed by atoms with E-state index in [0.717, 1.165) is 6.42 Å². The van der Waals surface area contributed by atoms with Gasteiger partial charge in [-0.25, -0.2) is 0 Å². The summed E-state index contributed by atoms with van der Waals surface area (Å²) >= 11 is 0. The molecule has 6 heteroatoms. The smallest absolute Gasteiger partial charge is 0.239 e. The van der Waals surface area contributed by atoms with E-state index in [1.165, 1.54) is 0 Å². The van der Waals surface area contributed by atoms with Crippen molar-refractivity contribution >= 4 is 5.91 Å². The van der Waals surface area contributed by atoms with Gasteiger partial charge < -0.3 is 14.8 Å². The van der Waals surface area contributed by atoms with Crippen molar-refractivity contribution in [2.45, 2.75) is 19.4 Å². The van der Waals surface area contributed by atoms with E-state index in [2.05, 4.69) is 10.8 Å². The number of nitrogens with one attached hydrogen (secondary N) is 2. The zero-order valence-electron chi connectivity index (χ0n) is 10.2. The average Bonchev–Trinajstić information content (AvgIpc) is 2.29. The lowest BCUT2D eigenvalue weighted by Gasteiger charge is -2.13. The van der Waals surface area contributed by atoms with E-state index in [1.54, 1.807) is 21.1 Å². The fraction of sp³-hybridized carbons (Fsp3) is 0.900. The lowest BCUT2D eigenvalue weighted by Crippen LogP contribution is -2.42. The van der Waals surface area contributed by atoms with E-state index in [0.29, 0.717) is 26.4 Å². The second-order valence-electron chi connectivity index (χ2n) is 3.32. The molecular formula is C10H22N2O4. The number of hydroxylamine groups is 1. The van der Waals surface area contributed by atoms with E-state index < -0.39 is 0 Å². The van der Waals surface area contributed by atoms with Gasteiger partial charge in [-0.1, -0.05) is 0 Å². The number of amides is 1. The minimum absolute atomic E-state index is 0.0893. The van der Waals surface area contributed by atoms with Crippen LogP contribution in [0.2, 0.25) is 0 Å². The molecule has 0 aromatic rings. The van der Waals surface area contributed by atoms with Gasteiger partial charge in [0.2, 0.25) is 5.91 Å². The Kier molecular flexibility index (Phi) is 10.3. The van der Waals surface area contributed by atoms with E-state index in [1.807, 2.05) is 0 Å². The first-order chi connectivity index (χ1) is 7.72. The van der Waals surface area contributed by atoms with Gasteiger partial charge in [0.1, 0.15) is 6.04 Å². The molecule has 16 heavy (non-hydrogen) atoms. The van der Waals surface area contributed by atoms with Crippen molar-refractivity contribution in [1.82, 2.24) is 10.8 Å². The third-order valence-electron chi connectivity index (χ3n) is 1.87. The SMILES string of the molecule is COCCCNC(=O)C(C)NOCCOC. The van der Waals surface area contributed by atoms with Gasteiger partial charge in [0.05, 0.1) is 13.2 Å². The number of carbonyl (C=O) groups excluding carboxylic acids is 1. The van der Waals surface area contributed by atoms with Gasteiger partial charge in [-0.15, -0.1) is 0 Å². The summed E-state index contributed by atoms with van der Waals surface area (Å²) in [6.07, 6.45) is 0.805. The minimum Gasteiger partial charge on any atom is -0.385 e. The lowest BCUT2D eigenvalue weighted by atomic mass is 10.3. The Balaban J connectivity index is 3.42. The van der Waals surface area contributed by atoms with Crippen molar-refractivity contribution in [3.8, 4) is 0 Å². The fourth-order valence-corrected chi connectivity index (χ4v) is 0.944. The number of carbonyl (C=O) groups is 1. The van der Waals surface area contributed by atoms with Gasteiger partial charge in [0.25, 0.3) is 0 Å². The predicted octanol–water partition coefficient (Wildman–Crippen LogP) is -0.305. The molecule has 0 spiro atoms. The largest absolute Gasteiger partial charge is 0.385 e. The molecule has 96 valence electrons. The van der Waals surface area contributed by atoms with Crippen LogP contribution in [0.4, 0.5) is 0 Å². The fourth-order valence-electron chi connectivity index (χ4n) is 0.944. The number of hydrogen-bond donors (Lipinski definition) is 2. The molecule has 0 aliphatic rings. The molecule has 0 bridgehead atoms. The summed E-state index contributed by atoms with van der Waals surface area (Å²) in [6, 6.07) is -0.376. The molecule has 6 nitrogen and oxygen atoms in total. The molecule has 0 radical (unpaired) electrons. The molecule has 0 rings (SSSR count). The average molecular weight is 234 g/mol. The second kappa shape index (κ2) is 10.8. The maximum atomic E-state index is 11.4. The molecule has 0 heterocycles. The molecule has 0 aromatic heterocycles. The van der Waals surface area contributed by atoms with E-state index in [4.69, 9.17) is 14.3 Å². The van der Waals surface area contributed by atoms with Crippen LogP contribution in [0.25, 0.3) is 0 Å². The van der Waals surface area contributed by atoms with Crippen LogP contribution in [-0.2, 0) is 19.1 Å². The van der Waals surface area contributed by atoms with Crippen LogP contribution in [-0.4, -0.2) is 52.5 Å². The predicted molar refractivity (Wildman–Crippen MR) is 59.9 cm³/mol. The van der Waals surface area contributed by atoms with Crippen LogP contribution < -0.4 is 10.8 Å². The third kappa shape index (κ3) is 8.60. The van der Waals surface area contributed by atoms with Crippen molar-refractivity contribution in [3.63, 3.8) is 0 Å². The Morgan fingerprint density at radius 2 is 1.88 bits per heavy atom. The lowest BCUT2D eigenvalue weighted by molar-refractivity contribution is -0.127. The first-order valence-corrected chi connectivity index (χ1v) is 5.35. The topological polar surface area (TPSA) is 68.8 Å². The molecule has 0 aliphatic heterocycles. The summed E-state index contributed by atoms with van der Waals surface area (Å²) in [5.41, 5.74) is 2.63. The van der Waals surface area contributed by atoms with E-state index >= 15 is 0 Å². The quantitative estimate of drug-likeness (QED) is 0.401. The summed E-state index contributed by atoms with van der Waals surface area (Å²) in [4.78, 5) is 16.5. The highest BCUT2D eigenvalue weighted by Gasteiger charge is 2.11. The van der Waals surface area contributed by atoms with Crippen molar-refractivity contribution < 1.29 is 19.1 Å². The minimum atomic E-state index is -0.376. The second-order valence-corrected chi connectivity index (χ2v) is 3.32. The highest BCUT2D eigenvalue weighted by atomic mass is 16.7. The summed E-state index contributed by atoms with van der Waals surface area (Å²) in [5, 5.41) is 2.77. The van der Waals surface area contributed by atoms with Gasteiger partial charge >= 0.3 is 0 Å². The van der Waals surface area contributed by atoms with E-state index in [9.17, 15) is 4.79 Å². The van der Waals surface area contributed by atoms with Crippen molar-refractivity contribution in [2.24, 2.45) is 0 Å². The molecule has 0 aliphatic carbocycles. The zero-order chi connectivity index (χ0) is 12.2. The monoisotopic (exact) mass is 234 g/mol. The van der Waals surface area contributed by atoms with Crippen LogP contribution in [0, 0.1) is 0 Å². The van der Waals surface area contributed by atoms with Crippen LogP contribution in [0.15, 0.2) is 0 Å². The van der Waals surface area contributed by atoms with Crippen LogP contribution in [0.1, 0.15) is 13.3 Å². The Bertz CT molecular complexity index is 178. The summed E-state index contributed by atoms with van der Waals surface area (Å²) in [6.45, 7) is 3.90. The van der Waals surface area contributed by atoms with Crippen molar-refractivity contribution in [3.05, 3.63) is 0 Å². The number of ether oxygens (including phenoxy) is 2. The molecule has 0 saturated carbocycles. The standard InChI is InChI=1S/C10H22N2O4/c1-9(12-16-8-7-15-3)10(13)11-5-4-6-14-2/h9,12H,4-8H2,1-3H3,(H,11,13). The normalized spacial score (nSPS) is 12.4. The molecule has 0 fully saturated rings.